The highest BCUT2D eigenvalue weighted by atomic mass is 16.6. The maximum absolute atomic E-state index is 13.6. The minimum Gasteiger partial charge on any atom is -0.493 e. The molecule has 12 heteroatoms. The van der Waals surface area contributed by atoms with Gasteiger partial charge in [0.15, 0.2) is 17.3 Å². The van der Waals surface area contributed by atoms with Crippen molar-refractivity contribution in [1.82, 2.24) is 4.57 Å². The van der Waals surface area contributed by atoms with Crippen molar-refractivity contribution in [2.45, 2.75) is 13.0 Å². The molecule has 0 unspecified atom stereocenters. The summed E-state index contributed by atoms with van der Waals surface area (Å²) in [5, 5.41) is 15.2. The van der Waals surface area contributed by atoms with E-state index in [9.17, 15) is 19.7 Å². The van der Waals surface area contributed by atoms with Gasteiger partial charge in [0.1, 0.15) is 0 Å². The van der Waals surface area contributed by atoms with Crippen LogP contribution >= 0.6 is 0 Å². The molecular formula is C22H19N5O7. The average Bonchev–Trinajstić information content (AvgIpc) is 3.13. The maximum atomic E-state index is 13.6. The predicted molar refractivity (Wildman–Crippen MR) is 122 cm³/mol. The second-order valence-corrected chi connectivity index (χ2v) is 7.37. The number of carbonyl (C=O) groups is 1. The number of ether oxygens (including phenoxy) is 3. The van der Waals surface area contributed by atoms with Crippen molar-refractivity contribution in [2.24, 2.45) is 5.11 Å². The van der Waals surface area contributed by atoms with Crippen LogP contribution < -0.4 is 19.8 Å². The second-order valence-electron chi connectivity index (χ2n) is 7.37. The molecule has 12 nitrogen and oxygen atoms in total. The number of hydrogen-bond acceptors (Lipinski definition) is 8. The number of azide groups is 1. The van der Waals surface area contributed by atoms with E-state index in [0.717, 1.165) is 6.07 Å². The zero-order chi connectivity index (χ0) is 24.6. The van der Waals surface area contributed by atoms with Gasteiger partial charge in [-0.15, -0.1) is 0 Å². The third-order valence-corrected chi connectivity index (χ3v) is 5.71. The standard InChI is InChI=1S/C22H19N5O7/c1-32-15-10-14-17(21(34-3)20(15)33-2)18-16(19(14)28)12-6-5-11(27(30)31)9-13(12)22(29)26(18)8-4-7-24-25-23/h5-6,9-10H,4,7-8H2,1-3H3. The number of non-ortho nitro benzene ring substituents is 1. The zero-order valence-corrected chi connectivity index (χ0v) is 18.5. The quantitative estimate of drug-likeness (QED) is 0.0954. The van der Waals surface area contributed by atoms with Crippen LogP contribution in [0.2, 0.25) is 0 Å². The number of fused-ring (bicyclic) bond motifs is 5. The van der Waals surface area contributed by atoms with Crippen LogP contribution in [0.5, 0.6) is 17.2 Å². The Bertz CT molecular complexity index is 1470. The number of ketones is 1. The Labute approximate surface area is 192 Å². The molecule has 1 aromatic heterocycles. The fourth-order valence-electron chi connectivity index (χ4n) is 4.30. The fourth-order valence-corrected chi connectivity index (χ4v) is 4.30. The molecule has 0 N–H and O–H groups in total. The van der Waals surface area contributed by atoms with Crippen LogP contribution in [0.4, 0.5) is 5.69 Å². The molecular weight excluding hydrogens is 446 g/mol. The third kappa shape index (κ3) is 3.28. The summed E-state index contributed by atoms with van der Waals surface area (Å²) >= 11 is 0. The molecule has 174 valence electrons. The highest BCUT2D eigenvalue weighted by Gasteiger charge is 2.38. The number of aromatic nitrogens is 1. The highest BCUT2D eigenvalue weighted by molar-refractivity contribution is 6.28. The Morgan fingerprint density at radius 1 is 1.06 bits per heavy atom. The van der Waals surface area contributed by atoms with Gasteiger partial charge in [0.05, 0.1) is 48.5 Å². The molecule has 0 spiro atoms. The summed E-state index contributed by atoms with van der Waals surface area (Å²) in [6.45, 7) is 0.220. The van der Waals surface area contributed by atoms with E-state index < -0.39 is 10.5 Å². The molecule has 1 heterocycles. The van der Waals surface area contributed by atoms with Crippen LogP contribution in [0, 0.1) is 10.1 Å². The van der Waals surface area contributed by atoms with Crippen molar-refractivity contribution in [3.05, 3.63) is 66.3 Å². The van der Waals surface area contributed by atoms with Gasteiger partial charge in [-0.2, -0.15) is 0 Å². The van der Waals surface area contributed by atoms with Gasteiger partial charge < -0.3 is 18.8 Å². The number of nitro benzene ring substituents is 1. The van der Waals surface area contributed by atoms with Gasteiger partial charge in [-0.3, -0.25) is 19.7 Å². The van der Waals surface area contributed by atoms with Crippen LogP contribution in [0.15, 0.2) is 34.2 Å². The number of benzene rings is 2. The lowest BCUT2D eigenvalue weighted by Crippen LogP contribution is -2.24. The molecule has 0 amide bonds. The molecule has 2 aromatic carbocycles. The molecule has 0 saturated carbocycles. The molecule has 0 radical (unpaired) electrons. The minimum absolute atomic E-state index is 0.0378. The number of carbonyl (C=O) groups excluding carboxylic acids is 1. The van der Waals surface area contributed by atoms with Crippen LogP contribution in [-0.4, -0.2) is 43.1 Å². The monoisotopic (exact) mass is 465 g/mol. The van der Waals surface area contributed by atoms with E-state index in [1.165, 1.54) is 44.1 Å². The van der Waals surface area contributed by atoms with Gasteiger partial charge in [-0.1, -0.05) is 5.11 Å². The molecule has 0 bridgehead atoms. The Hall–Kier alpha value is -4.57. The number of pyridine rings is 1. The maximum Gasteiger partial charge on any atom is 0.270 e. The van der Waals surface area contributed by atoms with E-state index in [4.69, 9.17) is 19.7 Å². The van der Waals surface area contributed by atoms with Gasteiger partial charge in [0.25, 0.3) is 11.2 Å². The molecule has 1 aliphatic rings. The minimum atomic E-state index is -0.604. The largest absolute Gasteiger partial charge is 0.493 e. The number of rotatable bonds is 8. The van der Waals surface area contributed by atoms with E-state index in [2.05, 4.69) is 10.0 Å². The predicted octanol–water partition coefficient (Wildman–Crippen LogP) is 3.85. The van der Waals surface area contributed by atoms with Crippen LogP contribution in [0.1, 0.15) is 22.3 Å². The van der Waals surface area contributed by atoms with E-state index in [1.54, 1.807) is 0 Å². The van der Waals surface area contributed by atoms with Gasteiger partial charge in [0.2, 0.25) is 5.75 Å². The smallest absolute Gasteiger partial charge is 0.270 e. The Morgan fingerprint density at radius 3 is 2.41 bits per heavy atom. The molecule has 0 fully saturated rings. The Morgan fingerprint density at radius 2 is 1.79 bits per heavy atom. The van der Waals surface area contributed by atoms with Crippen molar-refractivity contribution in [3.63, 3.8) is 0 Å². The van der Waals surface area contributed by atoms with Crippen LogP contribution in [0.25, 0.3) is 32.5 Å². The summed E-state index contributed by atoms with van der Waals surface area (Å²) in [6, 6.07) is 5.34. The van der Waals surface area contributed by atoms with Crippen molar-refractivity contribution in [3.8, 4) is 28.5 Å². The van der Waals surface area contributed by atoms with E-state index >= 15 is 0 Å². The first-order valence-corrected chi connectivity index (χ1v) is 10.1. The van der Waals surface area contributed by atoms with Crippen molar-refractivity contribution in [2.75, 3.05) is 27.9 Å². The SMILES string of the molecule is COc1cc2c(c(OC)c1OC)-c1c(c3ccc([N+](=O)[O-])cc3c(=O)n1CCCN=[N+]=[N-])C2=O. The molecule has 0 saturated heterocycles. The molecule has 0 atom stereocenters. The van der Waals surface area contributed by atoms with Gasteiger partial charge in [-0.05, 0) is 24.1 Å². The van der Waals surface area contributed by atoms with Crippen LogP contribution in [0.3, 0.4) is 0 Å². The summed E-state index contributed by atoms with van der Waals surface area (Å²) in [7, 11) is 4.27. The lowest BCUT2D eigenvalue weighted by Gasteiger charge is -2.18. The van der Waals surface area contributed by atoms with E-state index in [1.807, 2.05) is 0 Å². The third-order valence-electron chi connectivity index (χ3n) is 5.71. The van der Waals surface area contributed by atoms with Gasteiger partial charge >= 0.3 is 0 Å². The number of nitro groups is 1. The topological polar surface area (TPSA) is 159 Å². The number of nitrogens with zero attached hydrogens (tertiary/aromatic N) is 5. The highest BCUT2D eigenvalue weighted by Crippen LogP contribution is 2.52. The average molecular weight is 465 g/mol. The van der Waals surface area contributed by atoms with Crippen molar-refractivity contribution >= 4 is 22.2 Å². The summed E-state index contributed by atoms with van der Waals surface area (Å²) in [4.78, 5) is 40.6. The summed E-state index contributed by atoms with van der Waals surface area (Å²) in [5.41, 5.74) is 8.93. The van der Waals surface area contributed by atoms with Crippen molar-refractivity contribution < 1.29 is 23.9 Å². The van der Waals surface area contributed by atoms with E-state index in [0.29, 0.717) is 17.7 Å². The zero-order valence-electron chi connectivity index (χ0n) is 18.5. The summed E-state index contributed by atoms with van der Waals surface area (Å²) < 4.78 is 17.8. The van der Waals surface area contributed by atoms with Gasteiger partial charge in [-0.25, -0.2) is 0 Å². The second kappa shape index (κ2) is 8.75. The van der Waals surface area contributed by atoms with Crippen LogP contribution in [-0.2, 0) is 6.54 Å². The number of methoxy groups -OCH3 is 3. The normalized spacial score (nSPS) is 11.6. The Balaban J connectivity index is 2.13. The lowest BCUT2D eigenvalue weighted by molar-refractivity contribution is -0.384. The number of hydrogen-bond donors (Lipinski definition) is 0. The van der Waals surface area contributed by atoms with E-state index in [-0.39, 0.29) is 63.7 Å². The first-order chi connectivity index (χ1) is 16.4. The molecule has 4 rings (SSSR count). The summed E-state index contributed by atoms with van der Waals surface area (Å²) in [5.74, 6) is 0.359. The molecule has 0 aliphatic heterocycles. The fraction of sp³-hybridized carbons (Fsp3) is 0.273. The summed E-state index contributed by atoms with van der Waals surface area (Å²) in [6.07, 6.45) is 0.302. The Kier molecular flexibility index (Phi) is 5.82. The lowest BCUT2D eigenvalue weighted by atomic mass is 10.0. The molecule has 34 heavy (non-hydrogen) atoms. The van der Waals surface area contributed by atoms with Gasteiger partial charge in [0, 0.05) is 41.1 Å². The first-order valence-electron chi connectivity index (χ1n) is 10.1. The first kappa shape index (κ1) is 22.6. The molecule has 1 aliphatic carbocycles. The molecule has 3 aromatic rings. The van der Waals surface area contributed by atoms with Crippen molar-refractivity contribution in [1.29, 1.82) is 0 Å².